The van der Waals surface area contributed by atoms with Gasteiger partial charge in [0.05, 0.1) is 18.4 Å². The largest absolute Gasteiger partial charge is 0.346 e. The van der Waals surface area contributed by atoms with Crippen molar-refractivity contribution in [2.75, 3.05) is 6.54 Å². The number of halogens is 1. The minimum Gasteiger partial charge on any atom is -0.346 e. The van der Waals surface area contributed by atoms with E-state index in [0.29, 0.717) is 5.03 Å². The lowest BCUT2D eigenvalue weighted by Gasteiger charge is -2.02. The molecule has 0 aliphatic carbocycles. The van der Waals surface area contributed by atoms with Gasteiger partial charge >= 0.3 is 0 Å². The first-order chi connectivity index (χ1) is 6.59. The molecule has 1 rings (SSSR count). The number of hydrogen-bond acceptors (Lipinski definition) is 3. The van der Waals surface area contributed by atoms with E-state index in [4.69, 9.17) is 11.6 Å². The highest BCUT2D eigenvalue weighted by Crippen LogP contribution is 1.96. The molecule has 0 unspecified atom stereocenters. The van der Waals surface area contributed by atoms with Crippen LogP contribution in [0.25, 0.3) is 0 Å². The molecule has 1 aromatic rings. The van der Waals surface area contributed by atoms with Gasteiger partial charge < -0.3 is 5.32 Å². The van der Waals surface area contributed by atoms with Gasteiger partial charge in [-0.05, 0) is 6.92 Å². The van der Waals surface area contributed by atoms with E-state index in [1.807, 2.05) is 0 Å². The molecule has 74 valence electrons. The average molecular weight is 212 g/mol. The highest BCUT2D eigenvalue weighted by molar-refractivity contribution is 6.29. The van der Waals surface area contributed by atoms with Crippen LogP contribution in [0.3, 0.4) is 0 Å². The molecule has 0 bridgehead atoms. The summed E-state index contributed by atoms with van der Waals surface area (Å²) in [6, 6.07) is 0. The van der Waals surface area contributed by atoms with Crippen LogP contribution >= 0.6 is 11.6 Å². The molecule has 4 nitrogen and oxygen atoms in total. The molecular weight excluding hydrogens is 202 g/mol. The smallest absolute Gasteiger partial charge is 0.271 e. The SMILES string of the molecule is C=C(Cl)CNC(=O)c1cnc(C)cn1. The Morgan fingerprint density at radius 3 is 2.79 bits per heavy atom. The van der Waals surface area contributed by atoms with Gasteiger partial charge in [0.1, 0.15) is 5.69 Å². The quantitative estimate of drug-likeness (QED) is 0.819. The number of aryl methyl sites for hydroxylation is 1. The van der Waals surface area contributed by atoms with Crippen molar-refractivity contribution in [3.8, 4) is 0 Å². The lowest BCUT2D eigenvalue weighted by atomic mass is 10.4. The third kappa shape index (κ3) is 3.14. The molecule has 0 aliphatic rings. The Balaban J connectivity index is 2.61. The van der Waals surface area contributed by atoms with Crippen molar-refractivity contribution in [3.05, 3.63) is 35.4 Å². The van der Waals surface area contributed by atoms with Gasteiger partial charge in [0, 0.05) is 11.2 Å². The van der Waals surface area contributed by atoms with Crippen LogP contribution in [0.2, 0.25) is 0 Å². The van der Waals surface area contributed by atoms with Crippen LogP contribution < -0.4 is 5.32 Å². The normalized spacial score (nSPS) is 9.57. The van der Waals surface area contributed by atoms with Gasteiger partial charge in [0.2, 0.25) is 0 Å². The number of carbonyl (C=O) groups is 1. The number of hydrogen-bond donors (Lipinski definition) is 1. The predicted molar refractivity (Wildman–Crippen MR) is 54.1 cm³/mol. The maximum absolute atomic E-state index is 11.3. The molecular formula is C9H10ClN3O. The number of nitrogens with one attached hydrogen (secondary N) is 1. The van der Waals surface area contributed by atoms with E-state index in [9.17, 15) is 4.79 Å². The monoisotopic (exact) mass is 211 g/mol. The minimum absolute atomic E-state index is 0.232. The molecule has 0 aromatic carbocycles. The van der Waals surface area contributed by atoms with Crippen molar-refractivity contribution in [2.45, 2.75) is 6.92 Å². The molecule has 1 aromatic heterocycles. The fourth-order valence-electron chi connectivity index (χ4n) is 0.777. The third-order valence-electron chi connectivity index (χ3n) is 1.45. The summed E-state index contributed by atoms with van der Waals surface area (Å²) in [5.74, 6) is -0.306. The van der Waals surface area contributed by atoms with Crippen LogP contribution in [0.4, 0.5) is 0 Å². The Kier molecular flexibility index (Phi) is 3.59. The molecule has 14 heavy (non-hydrogen) atoms. The highest BCUT2D eigenvalue weighted by atomic mass is 35.5. The van der Waals surface area contributed by atoms with Crippen molar-refractivity contribution < 1.29 is 4.79 Å². The summed E-state index contributed by atoms with van der Waals surface area (Å²) in [7, 11) is 0. The van der Waals surface area contributed by atoms with Gasteiger partial charge in [-0.25, -0.2) is 4.98 Å². The maximum atomic E-state index is 11.3. The van der Waals surface area contributed by atoms with Crippen molar-refractivity contribution in [1.29, 1.82) is 0 Å². The Morgan fingerprint density at radius 2 is 2.29 bits per heavy atom. The zero-order valence-corrected chi connectivity index (χ0v) is 8.51. The molecule has 1 N–H and O–H groups in total. The first-order valence-corrected chi connectivity index (χ1v) is 4.37. The summed E-state index contributed by atoms with van der Waals surface area (Å²) in [5, 5.41) is 2.92. The zero-order chi connectivity index (χ0) is 10.6. The summed E-state index contributed by atoms with van der Waals surface area (Å²) < 4.78 is 0. The molecule has 0 fully saturated rings. The summed E-state index contributed by atoms with van der Waals surface area (Å²) in [5.41, 5.74) is 1.04. The number of rotatable bonds is 3. The second kappa shape index (κ2) is 4.72. The summed E-state index contributed by atoms with van der Waals surface area (Å²) in [6.45, 7) is 5.48. The third-order valence-corrected chi connectivity index (χ3v) is 1.59. The second-order valence-electron chi connectivity index (χ2n) is 2.74. The van der Waals surface area contributed by atoms with Crippen LogP contribution in [-0.4, -0.2) is 22.4 Å². The van der Waals surface area contributed by atoms with E-state index >= 15 is 0 Å². The van der Waals surface area contributed by atoms with Crippen LogP contribution in [-0.2, 0) is 0 Å². The number of nitrogens with zero attached hydrogens (tertiary/aromatic N) is 2. The van der Waals surface area contributed by atoms with Crippen molar-refractivity contribution in [1.82, 2.24) is 15.3 Å². The second-order valence-corrected chi connectivity index (χ2v) is 3.28. The first kappa shape index (κ1) is 10.7. The fourth-order valence-corrected chi connectivity index (χ4v) is 0.843. The van der Waals surface area contributed by atoms with Crippen molar-refractivity contribution in [2.24, 2.45) is 0 Å². The lowest BCUT2D eigenvalue weighted by Crippen LogP contribution is -2.25. The molecule has 0 aliphatic heterocycles. The van der Waals surface area contributed by atoms with Crippen molar-refractivity contribution >= 4 is 17.5 Å². The molecule has 0 saturated carbocycles. The van der Waals surface area contributed by atoms with E-state index in [2.05, 4.69) is 21.9 Å². The fraction of sp³-hybridized carbons (Fsp3) is 0.222. The van der Waals surface area contributed by atoms with E-state index in [1.165, 1.54) is 12.4 Å². The molecule has 1 heterocycles. The first-order valence-electron chi connectivity index (χ1n) is 3.99. The van der Waals surface area contributed by atoms with Crippen molar-refractivity contribution in [3.63, 3.8) is 0 Å². The standard InChI is InChI=1S/C9H10ClN3O/c1-6(10)3-13-9(14)8-5-11-7(2)4-12-8/h4-5H,1,3H2,2H3,(H,13,14). The van der Waals surface area contributed by atoms with Gasteiger partial charge in [-0.3, -0.25) is 9.78 Å². The Morgan fingerprint density at radius 1 is 1.57 bits per heavy atom. The van der Waals surface area contributed by atoms with Crippen LogP contribution in [0.5, 0.6) is 0 Å². The van der Waals surface area contributed by atoms with Gasteiger partial charge in [0.15, 0.2) is 0 Å². The predicted octanol–water partition coefficient (Wildman–Crippen LogP) is 1.27. The molecule has 5 heteroatoms. The Labute approximate surface area is 87.0 Å². The number of aromatic nitrogens is 2. The van der Waals surface area contributed by atoms with E-state index in [1.54, 1.807) is 6.92 Å². The maximum Gasteiger partial charge on any atom is 0.271 e. The minimum atomic E-state index is -0.306. The van der Waals surface area contributed by atoms with E-state index in [0.717, 1.165) is 5.69 Å². The summed E-state index contributed by atoms with van der Waals surface area (Å²) >= 11 is 5.49. The summed E-state index contributed by atoms with van der Waals surface area (Å²) in [6.07, 6.45) is 2.95. The van der Waals surface area contributed by atoms with Crippen LogP contribution in [0.1, 0.15) is 16.2 Å². The van der Waals surface area contributed by atoms with Gasteiger partial charge in [0.25, 0.3) is 5.91 Å². The number of amides is 1. The van der Waals surface area contributed by atoms with Crippen LogP contribution in [0, 0.1) is 6.92 Å². The van der Waals surface area contributed by atoms with E-state index in [-0.39, 0.29) is 18.1 Å². The van der Waals surface area contributed by atoms with Gasteiger partial charge in [-0.1, -0.05) is 18.2 Å². The molecule has 0 saturated heterocycles. The molecule has 1 amide bonds. The van der Waals surface area contributed by atoms with Crippen LogP contribution in [0.15, 0.2) is 24.0 Å². The van der Waals surface area contributed by atoms with Gasteiger partial charge in [-0.2, -0.15) is 0 Å². The summed E-state index contributed by atoms with van der Waals surface area (Å²) in [4.78, 5) is 19.2. The average Bonchev–Trinajstić information content (AvgIpc) is 2.15. The highest BCUT2D eigenvalue weighted by Gasteiger charge is 2.06. The molecule has 0 spiro atoms. The lowest BCUT2D eigenvalue weighted by molar-refractivity contribution is 0.0952. The Hall–Kier alpha value is -1.42. The topological polar surface area (TPSA) is 54.9 Å². The number of carbonyl (C=O) groups excluding carboxylic acids is 1. The zero-order valence-electron chi connectivity index (χ0n) is 7.75. The van der Waals surface area contributed by atoms with E-state index < -0.39 is 0 Å². The molecule has 0 radical (unpaired) electrons. The van der Waals surface area contributed by atoms with Gasteiger partial charge in [-0.15, -0.1) is 0 Å². The Bertz CT molecular complexity index is 348. The molecule has 0 atom stereocenters.